The summed E-state index contributed by atoms with van der Waals surface area (Å²) in [4.78, 5) is 39.0. The lowest BCUT2D eigenvalue weighted by molar-refractivity contribution is 0.0527. The van der Waals surface area contributed by atoms with Crippen molar-refractivity contribution in [1.82, 2.24) is 0 Å². The second kappa shape index (κ2) is 10.8. The third-order valence-electron chi connectivity index (χ3n) is 4.99. The van der Waals surface area contributed by atoms with Crippen molar-refractivity contribution >= 4 is 39.8 Å². The summed E-state index contributed by atoms with van der Waals surface area (Å²) in [7, 11) is 3.01. The minimum atomic E-state index is -0.617. The van der Waals surface area contributed by atoms with Gasteiger partial charge in [-0.2, -0.15) is 0 Å². The molecule has 34 heavy (non-hydrogen) atoms. The Kier molecular flexibility index (Phi) is 7.91. The summed E-state index contributed by atoms with van der Waals surface area (Å²) in [6, 6.07) is 12.1. The first-order valence-corrected chi connectivity index (χ1v) is 11.3. The molecule has 0 atom stereocenters. The van der Waals surface area contributed by atoms with Crippen molar-refractivity contribution in [3.05, 3.63) is 69.6 Å². The van der Waals surface area contributed by atoms with Crippen molar-refractivity contribution in [3.8, 4) is 11.5 Å². The van der Waals surface area contributed by atoms with Crippen LogP contribution in [-0.4, -0.2) is 38.6 Å². The molecule has 1 heterocycles. The molecule has 0 aliphatic heterocycles. The van der Waals surface area contributed by atoms with E-state index in [-0.39, 0.29) is 22.0 Å². The number of benzene rings is 2. The summed E-state index contributed by atoms with van der Waals surface area (Å²) in [6.45, 7) is 5.36. The smallest absolute Gasteiger partial charge is 0.341 e. The van der Waals surface area contributed by atoms with Gasteiger partial charge in [-0.1, -0.05) is 17.7 Å². The molecule has 0 unspecified atom stereocenters. The van der Waals surface area contributed by atoms with E-state index < -0.39 is 17.8 Å². The Labute approximate surface area is 201 Å². The largest absolute Gasteiger partial charge is 0.497 e. The number of esters is 1. The lowest BCUT2D eigenvalue weighted by Crippen LogP contribution is -2.15. The van der Waals surface area contributed by atoms with Gasteiger partial charge in [0.05, 0.1) is 37.0 Å². The minimum absolute atomic E-state index is 0.149. The fourth-order valence-electron chi connectivity index (χ4n) is 3.32. The first-order valence-electron chi connectivity index (χ1n) is 10.5. The Bertz CT molecular complexity index is 1230. The third kappa shape index (κ3) is 5.37. The van der Waals surface area contributed by atoms with Crippen molar-refractivity contribution < 1.29 is 28.6 Å². The average Bonchev–Trinajstić information content (AvgIpc) is 3.14. The summed E-state index contributed by atoms with van der Waals surface area (Å²) in [6.07, 6.45) is 0. The molecule has 1 aromatic heterocycles. The van der Waals surface area contributed by atoms with Crippen molar-refractivity contribution in [3.63, 3.8) is 0 Å². The number of carbonyl (C=O) groups is 3. The van der Waals surface area contributed by atoms with Gasteiger partial charge in [0.2, 0.25) is 0 Å². The predicted octanol–water partition coefficient (Wildman–Crippen LogP) is 5.06. The Morgan fingerprint density at radius 3 is 2.35 bits per heavy atom. The zero-order valence-electron chi connectivity index (χ0n) is 19.6. The molecule has 0 bridgehead atoms. The molecular weight excluding hydrogens is 456 g/mol. The van der Waals surface area contributed by atoms with Crippen LogP contribution >= 0.6 is 11.3 Å². The van der Waals surface area contributed by atoms with Gasteiger partial charge in [-0.3, -0.25) is 9.59 Å². The quantitative estimate of drug-likeness (QED) is 0.435. The molecule has 0 radical (unpaired) electrons. The van der Waals surface area contributed by atoms with Crippen molar-refractivity contribution in [2.45, 2.75) is 20.8 Å². The Morgan fingerprint density at radius 1 is 0.941 bits per heavy atom. The lowest BCUT2D eigenvalue weighted by Gasteiger charge is -2.11. The van der Waals surface area contributed by atoms with E-state index in [4.69, 9.17) is 14.2 Å². The van der Waals surface area contributed by atoms with Gasteiger partial charge < -0.3 is 24.8 Å². The molecule has 0 saturated heterocycles. The summed E-state index contributed by atoms with van der Waals surface area (Å²) >= 11 is 1.00. The van der Waals surface area contributed by atoms with Gasteiger partial charge >= 0.3 is 5.97 Å². The van der Waals surface area contributed by atoms with Crippen molar-refractivity contribution in [2.75, 3.05) is 31.5 Å². The van der Waals surface area contributed by atoms with Gasteiger partial charge in [0.15, 0.2) is 0 Å². The molecule has 0 fully saturated rings. The van der Waals surface area contributed by atoms with Crippen LogP contribution in [0.2, 0.25) is 0 Å². The normalized spacial score (nSPS) is 10.4. The van der Waals surface area contributed by atoms with Gasteiger partial charge in [-0.25, -0.2) is 4.79 Å². The maximum Gasteiger partial charge on any atom is 0.341 e. The molecule has 3 rings (SSSR count). The number of ether oxygens (including phenoxy) is 3. The number of hydrogen-bond acceptors (Lipinski definition) is 7. The molecule has 8 nitrogen and oxygen atoms in total. The number of nitrogens with one attached hydrogen (secondary N) is 2. The number of amides is 2. The monoisotopic (exact) mass is 482 g/mol. The number of methoxy groups -OCH3 is 2. The van der Waals surface area contributed by atoms with Gasteiger partial charge in [0, 0.05) is 11.6 Å². The van der Waals surface area contributed by atoms with E-state index in [1.54, 1.807) is 50.2 Å². The molecule has 0 saturated carbocycles. The first-order chi connectivity index (χ1) is 16.3. The van der Waals surface area contributed by atoms with Crippen LogP contribution in [-0.2, 0) is 4.74 Å². The Morgan fingerprint density at radius 2 is 1.71 bits per heavy atom. The van der Waals surface area contributed by atoms with Gasteiger partial charge in [0.1, 0.15) is 16.5 Å². The van der Waals surface area contributed by atoms with Gasteiger partial charge in [0.25, 0.3) is 11.8 Å². The number of aryl methyl sites for hydroxylation is 1. The number of carbonyl (C=O) groups excluding carboxylic acids is 3. The maximum absolute atomic E-state index is 13.2. The molecule has 2 N–H and O–H groups in total. The highest BCUT2D eigenvalue weighted by molar-refractivity contribution is 7.19. The summed E-state index contributed by atoms with van der Waals surface area (Å²) < 4.78 is 15.7. The fourth-order valence-corrected chi connectivity index (χ4v) is 4.40. The molecule has 3 aromatic rings. The molecule has 0 spiro atoms. The molecule has 0 aliphatic carbocycles. The number of thiophene rings is 1. The minimum Gasteiger partial charge on any atom is -0.497 e. The van der Waals surface area contributed by atoms with Crippen LogP contribution in [0.15, 0.2) is 42.5 Å². The summed E-state index contributed by atoms with van der Waals surface area (Å²) in [5.74, 6) is -0.486. The highest BCUT2D eigenvalue weighted by atomic mass is 32.1. The predicted molar refractivity (Wildman–Crippen MR) is 132 cm³/mol. The van der Waals surface area contributed by atoms with E-state index in [9.17, 15) is 14.4 Å². The maximum atomic E-state index is 13.2. The van der Waals surface area contributed by atoms with Gasteiger partial charge in [-0.05, 0) is 50.6 Å². The SMILES string of the molecule is CCOC(=O)c1c(NC(=O)c2cccc(C)c2)sc(C(=O)Nc2cc(OC)ccc2OC)c1C. The topological polar surface area (TPSA) is 103 Å². The van der Waals surface area contributed by atoms with E-state index in [0.29, 0.717) is 28.3 Å². The zero-order valence-corrected chi connectivity index (χ0v) is 20.4. The average molecular weight is 483 g/mol. The highest BCUT2D eigenvalue weighted by Gasteiger charge is 2.27. The first kappa shape index (κ1) is 24.8. The molecule has 9 heteroatoms. The molecular formula is C25H26N2O6S. The van der Waals surface area contributed by atoms with Crippen LogP contribution in [0.4, 0.5) is 10.7 Å². The molecule has 0 aliphatic rings. The van der Waals surface area contributed by atoms with Crippen molar-refractivity contribution in [2.24, 2.45) is 0 Å². The second-order valence-corrected chi connectivity index (χ2v) is 8.35. The van der Waals surface area contributed by atoms with E-state index in [2.05, 4.69) is 10.6 Å². The second-order valence-electron chi connectivity index (χ2n) is 7.32. The molecule has 2 aromatic carbocycles. The summed E-state index contributed by atoms with van der Waals surface area (Å²) in [5.41, 5.74) is 2.32. The third-order valence-corrected chi connectivity index (χ3v) is 6.20. The van der Waals surface area contributed by atoms with Crippen molar-refractivity contribution in [1.29, 1.82) is 0 Å². The Balaban J connectivity index is 1.98. The van der Waals surface area contributed by atoms with Crippen LogP contribution < -0.4 is 20.1 Å². The highest BCUT2D eigenvalue weighted by Crippen LogP contribution is 2.36. The van der Waals surface area contributed by atoms with E-state index in [0.717, 1.165) is 16.9 Å². The number of anilines is 2. The van der Waals surface area contributed by atoms with E-state index in [1.807, 2.05) is 13.0 Å². The van der Waals surface area contributed by atoms with Crippen LogP contribution in [0.5, 0.6) is 11.5 Å². The van der Waals surface area contributed by atoms with E-state index >= 15 is 0 Å². The molecule has 2 amide bonds. The zero-order chi connectivity index (χ0) is 24.8. The lowest BCUT2D eigenvalue weighted by atomic mass is 10.1. The summed E-state index contributed by atoms with van der Waals surface area (Å²) in [5, 5.41) is 5.81. The molecule has 178 valence electrons. The number of hydrogen-bond donors (Lipinski definition) is 2. The Hall–Kier alpha value is -3.85. The number of rotatable bonds is 8. The van der Waals surface area contributed by atoms with Gasteiger partial charge in [-0.15, -0.1) is 11.3 Å². The van der Waals surface area contributed by atoms with Crippen LogP contribution in [0.1, 0.15) is 48.4 Å². The van der Waals surface area contributed by atoms with Crippen LogP contribution in [0.25, 0.3) is 0 Å². The van der Waals surface area contributed by atoms with Crippen LogP contribution in [0, 0.1) is 13.8 Å². The van der Waals surface area contributed by atoms with Crippen LogP contribution in [0.3, 0.4) is 0 Å². The standard InChI is InChI=1S/C25H26N2O6S/c1-6-33-25(30)20-15(3)21(23(29)26-18-13-17(31-4)10-11-19(18)32-5)34-24(20)27-22(28)16-9-7-8-14(2)12-16/h7-13H,6H2,1-5H3,(H,26,29)(H,27,28). The fraction of sp³-hybridized carbons (Fsp3) is 0.240. The van der Waals surface area contributed by atoms with E-state index in [1.165, 1.54) is 14.2 Å².